The Bertz CT molecular complexity index is 249. The monoisotopic (exact) mass is 201 g/mol. The number of morpholine rings is 1. The van der Waals surface area contributed by atoms with Crippen molar-refractivity contribution >= 4 is 11.9 Å². The Labute approximate surface area is 82.6 Å². The number of aliphatic carboxylic acids is 1. The normalized spacial score (nSPS) is 18.4. The van der Waals surface area contributed by atoms with Crippen molar-refractivity contribution in [2.45, 2.75) is 13.8 Å². The van der Waals surface area contributed by atoms with Gasteiger partial charge in [0.2, 0.25) is 5.91 Å². The van der Waals surface area contributed by atoms with Gasteiger partial charge in [-0.15, -0.1) is 0 Å². The molecule has 0 saturated carbocycles. The molecule has 0 radical (unpaired) electrons. The first-order valence-corrected chi connectivity index (χ1v) is 4.52. The van der Waals surface area contributed by atoms with Gasteiger partial charge in [0.1, 0.15) is 6.61 Å². The van der Waals surface area contributed by atoms with Gasteiger partial charge >= 0.3 is 5.97 Å². The number of hydrogen-bond donors (Lipinski definition) is 1. The topological polar surface area (TPSA) is 66.8 Å². The quantitative estimate of drug-likeness (QED) is 0.695. The van der Waals surface area contributed by atoms with Crippen LogP contribution in [-0.4, -0.2) is 48.2 Å². The second-order valence-electron chi connectivity index (χ2n) is 4.06. The largest absolute Gasteiger partial charge is 0.481 e. The van der Waals surface area contributed by atoms with Crippen LogP contribution in [0.3, 0.4) is 0 Å². The van der Waals surface area contributed by atoms with Crippen molar-refractivity contribution in [2.75, 3.05) is 26.3 Å². The first kappa shape index (κ1) is 11.0. The molecule has 1 aliphatic rings. The van der Waals surface area contributed by atoms with Crippen LogP contribution >= 0.6 is 0 Å². The first-order valence-electron chi connectivity index (χ1n) is 4.52. The van der Waals surface area contributed by atoms with E-state index in [4.69, 9.17) is 9.84 Å². The van der Waals surface area contributed by atoms with E-state index in [1.54, 1.807) is 13.8 Å². The summed E-state index contributed by atoms with van der Waals surface area (Å²) in [6.45, 7) is 4.49. The number of carboxylic acid groups (broad SMARTS) is 1. The van der Waals surface area contributed by atoms with E-state index in [-0.39, 0.29) is 19.1 Å². The molecule has 5 nitrogen and oxygen atoms in total. The average molecular weight is 201 g/mol. The van der Waals surface area contributed by atoms with Gasteiger partial charge in [-0.2, -0.15) is 0 Å². The highest BCUT2D eigenvalue weighted by Crippen LogP contribution is 2.18. The number of carboxylic acids is 1. The summed E-state index contributed by atoms with van der Waals surface area (Å²) >= 11 is 0. The maximum Gasteiger partial charge on any atom is 0.310 e. The molecule has 0 aromatic rings. The summed E-state index contributed by atoms with van der Waals surface area (Å²) in [5.41, 5.74) is -0.896. The van der Waals surface area contributed by atoms with Gasteiger partial charge < -0.3 is 14.7 Å². The summed E-state index contributed by atoms with van der Waals surface area (Å²) in [4.78, 5) is 23.7. The van der Waals surface area contributed by atoms with Crippen molar-refractivity contribution < 1.29 is 19.4 Å². The maximum absolute atomic E-state index is 11.3. The maximum atomic E-state index is 11.3. The third-order valence-electron chi connectivity index (χ3n) is 2.25. The van der Waals surface area contributed by atoms with Crippen molar-refractivity contribution in [1.82, 2.24) is 4.90 Å². The van der Waals surface area contributed by atoms with Crippen LogP contribution in [0.2, 0.25) is 0 Å². The van der Waals surface area contributed by atoms with Crippen molar-refractivity contribution in [3.63, 3.8) is 0 Å². The molecule has 14 heavy (non-hydrogen) atoms. The van der Waals surface area contributed by atoms with Gasteiger partial charge in [0, 0.05) is 13.1 Å². The summed E-state index contributed by atoms with van der Waals surface area (Å²) in [5.74, 6) is -1.03. The summed E-state index contributed by atoms with van der Waals surface area (Å²) in [6.07, 6.45) is 0. The third kappa shape index (κ3) is 2.45. The summed E-state index contributed by atoms with van der Waals surface area (Å²) in [5, 5.41) is 8.89. The van der Waals surface area contributed by atoms with E-state index in [1.165, 1.54) is 4.90 Å². The highest BCUT2D eigenvalue weighted by atomic mass is 16.5. The number of hydrogen-bond acceptors (Lipinski definition) is 3. The molecule has 80 valence electrons. The molecule has 0 atom stereocenters. The fraction of sp³-hybridized carbons (Fsp3) is 0.778. The summed E-state index contributed by atoms with van der Waals surface area (Å²) < 4.78 is 4.95. The Balaban J connectivity index is 2.58. The smallest absolute Gasteiger partial charge is 0.310 e. The molecule has 5 heteroatoms. The Kier molecular flexibility index (Phi) is 3.10. The minimum absolute atomic E-state index is 0.0652. The van der Waals surface area contributed by atoms with E-state index in [1.807, 2.05) is 0 Å². The van der Waals surface area contributed by atoms with Gasteiger partial charge in [-0.05, 0) is 13.8 Å². The van der Waals surface area contributed by atoms with Gasteiger partial charge in [0.15, 0.2) is 0 Å². The van der Waals surface area contributed by atoms with Crippen molar-refractivity contribution in [1.29, 1.82) is 0 Å². The average Bonchev–Trinajstić information content (AvgIpc) is 2.08. The minimum atomic E-state index is -0.896. The second kappa shape index (κ2) is 3.96. The van der Waals surface area contributed by atoms with Crippen LogP contribution in [-0.2, 0) is 14.3 Å². The van der Waals surface area contributed by atoms with Crippen molar-refractivity contribution in [2.24, 2.45) is 5.41 Å². The van der Waals surface area contributed by atoms with E-state index in [9.17, 15) is 9.59 Å². The predicted molar refractivity (Wildman–Crippen MR) is 48.8 cm³/mol. The number of nitrogens with zero attached hydrogens (tertiary/aromatic N) is 1. The molecule has 1 rings (SSSR count). The lowest BCUT2D eigenvalue weighted by Gasteiger charge is -2.32. The number of ether oxygens (including phenoxy) is 1. The van der Waals surface area contributed by atoms with Gasteiger partial charge in [-0.1, -0.05) is 0 Å². The molecule has 0 unspecified atom stereocenters. The Morgan fingerprint density at radius 1 is 1.64 bits per heavy atom. The predicted octanol–water partition coefficient (Wildman–Crippen LogP) is -0.0440. The van der Waals surface area contributed by atoms with Crippen LogP contribution in [0, 0.1) is 5.41 Å². The van der Waals surface area contributed by atoms with Gasteiger partial charge in [0.25, 0.3) is 0 Å². The summed E-state index contributed by atoms with van der Waals surface area (Å²) in [7, 11) is 0. The third-order valence-corrected chi connectivity index (χ3v) is 2.25. The van der Waals surface area contributed by atoms with Crippen LogP contribution in [0.15, 0.2) is 0 Å². The summed E-state index contributed by atoms with van der Waals surface area (Å²) in [6, 6.07) is 0. The lowest BCUT2D eigenvalue weighted by atomic mass is 9.93. The zero-order valence-corrected chi connectivity index (χ0v) is 8.45. The standard InChI is InChI=1S/C9H15NO4/c1-9(2,8(12)13)6-10-3-4-14-5-7(10)11/h3-6H2,1-2H3,(H,12,13). The molecule has 1 aliphatic heterocycles. The molecule has 0 aliphatic carbocycles. The molecule has 1 heterocycles. The Hall–Kier alpha value is -1.10. The van der Waals surface area contributed by atoms with E-state index in [0.717, 1.165) is 0 Å². The van der Waals surface area contributed by atoms with E-state index in [0.29, 0.717) is 13.2 Å². The zero-order chi connectivity index (χ0) is 10.8. The number of rotatable bonds is 3. The zero-order valence-electron chi connectivity index (χ0n) is 8.45. The van der Waals surface area contributed by atoms with Crippen LogP contribution in [0.5, 0.6) is 0 Å². The molecule has 1 fully saturated rings. The molecule has 0 aromatic carbocycles. The number of carbonyl (C=O) groups excluding carboxylic acids is 1. The van der Waals surface area contributed by atoms with Gasteiger partial charge in [0.05, 0.1) is 12.0 Å². The lowest BCUT2D eigenvalue weighted by molar-refractivity contribution is -0.153. The lowest BCUT2D eigenvalue weighted by Crippen LogP contribution is -2.48. The fourth-order valence-corrected chi connectivity index (χ4v) is 1.26. The number of carbonyl (C=O) groups is 2. The first-order chi connectivity index (χ1) is 6.43. The molecule has 1 saturated heterocycles. The molecular formula is C9H15NO4. The molecule has 0 aromatic heterocycles. The van der Waals surface area contributed by atoms with Crippen molar-refractivity contribution in [3.8, 4) is 0 Å². The van der Waals surface area contributed by atoms with E-state index < -0.39 is 11.4 Å². The van der Waals surface area contributed by atoms with E-state index in [2.05, 4.69) is 0 Å². The Morgan fingerprint density at radius 2 is 2.29 bits per heavy atom. The van der Waals surface area contributed by atoms with Gasteiger partial charge in [-0.25, -0.2) is 0 Å². The van der Waals surface area contributed by atoms with Crippen LogP contribution < -0.4 is 0 Å². The molecule has 0 spiro atoms. The van der Waals surface area contributed by atoms with Crippen molar-refractivity contribution in [3.05, 3.63) is 0 Å². The van der Waals surface area contributed by atoms with Gasteiger partial charge in [-0.3, -0.25) is 9.59 Å². The molecule has 1 N–H and O–H groups in total. The van der Waals surface area contributed by atoms with Crippen LogP contribution in [0.4, 0.5) is 0 Å². The highest BCUT2D eigenvalue weighted by molar-refractivity contribution is 5.80. The second-order valence-corrected chi connectivity index (χ2v) is 4.06. The minimum Gasteiger partial charge on any atom is -0.481 e. The van der Waals surface area contributed by atoms with E-state index >= 15 is 0 Å². The van der Waals surface area contributed by atoms with Crippen LogP contribution in [0.25, 0.3) is 0 Å². The SMILES string of the molecule is CC(C)(CN1CCOCC1=O)C(=O)O. The highest BCUT2D eigenvalue weighted by Gasteiger charge is 2.32. The Morgan fingerprint density at radius 3 is 2.79 bits per heavy atom. The molecular weight excluding hydrogens is 186 g/mol. The number of amides is 1. The fourth-order valence-electron chi connectivity index (χ4n) is 1.26. The molecule has 0 bridgehead atoms. The van der Waals surface area contributed by atoms with Crippen LogP contribution in [0.1, 0.15) is 13.8 Å². The molecule has 1 amide bonds.